The van der Waals surface area contributed by atoms with E-state index < -0.39 is 0 Å². The maximum atomic E-state index is 12.8. The first-order chi connectivity index (χ1) is 12.0. The van der Waals surface area contributed by atoms with Gasteiger partial charge in [-0.25, -0.2) is 0 Å². The van der Waals surface area contributed by atoms with Gasteiger partial charge < -0.3 is 11.1 Å². The first-order valence-electron chi connectivity index (χ1n) is 9.14. The van der Waals surface area contributed by atoms with E-state index in [1.54, 1.807) is 17.5 Å². The third kappa shape index (κ3) is 3.06. The molecule has 1 amide bonds. The number of halogens is 1. The molecule has 138 valence electrons. The van der Waals surface area contributed by atoms with Gasteiger partial charge in [0.05, 0.1) is 16.1 Å². The Hall–Kier alpha value is -1.43. The Morgan fingerprint density at radius 2 is 1.96 bits per heavy atom. The molecule has 4 fully saturated rings. The van der Waals surface area contributed by atoms with Crippen molar-refractivity contribution in [2.75, 3.05) is 0 Å². The predicted molar refractivity (Wildman–Crippen MR) is 107 cm³/mol. The van der Waals surface area contributed by atoms with Crippen molar-refractivity contribution in [2.24, 2.45) is 17.6 Å². The number of carbonyl (C=O) groups excluding carboxylic acids is 1. The standard InChI is InChI=1S/C20H23N3OS.ClH/c21-19-7-13-6-14(8-19)10-20(9-13,12-19)23-18(24)15-3-4-16(22-11-15)17-2-1-5-25-17;/h1-5,11,13-14H,6-10,12,21H2,(H,23,24);1H/t13-,14+,19?,20?;. The van der Waals surface area contributed by atoms with Gasteiger partial charge in [0.1, 0.15) is 0 Å². The molecule has 0 aliphatic heterocycles. The minimum Gasteiger partial charge on any atom is -0.346 e. The summed E-state index contributed by atoms with van der Waals surface area (Å²) >= 11 is 1.66. The molecule has 4 atom stereocenters. The van der Waals surface area contributed by atoms with Gasteiger partial charge in [-0.1, -0.05) is 6.07 Å². The van der Waals surface area contributed by atoms with Crippen molar-refractivity contribution in [2.45, 2.75) is 49.6 Å². The summed E-state index contributed by atoms with van der Waals surface area (Å²) in [6.45, 7) is 0. The second-order valence-corrected chi connectivity index (χ2v) is 9.41. The molecule has 4 aliphatic rings. The minimum atomic E-state index is -0.0949. The van der Waals surface area contributed by atoms with Crippen molar-refractivity contribution < 1.29 is 4.79 Å². The third-order valence-corrected chi connectivity index (χ3v) is 7.18. The number of hydrogen-bond donors (Lipinski definition) is 2. The second kappa shape index (κ2) is 6.32. The molecule has 2 aromatic rings. The fraction of sp³-hybridized carbons (Fsp3) is 0.500. The van der Waals surface area contributed by atoms with Gasteiger partial charge in [-0.15, -0.1) is 23.7 Å². The highest BCUT2D eigenvalue weighted by Crippen LogP contribution is 2.56. The van der Waals surface area contributed by atoms with Crippen LogP contribution in [0.5, 0.6) is 0 Å². The average molecular weight is 390 g/mol. The van der Waals surface area contributed by atoms with Crippen LogP contribution < -0.4 is 11.1 Å². The van der Waals surface area contributed by atoms with Gasteiger partial charge in [-0.05, 0) is 73.9 Å². The van der Waals surface area contributed by atoms with Crippen molar-refractivity contribution in [3.05, 3.63) is 41.4 Å². The summed E-state index contributed by atoms with van der Waals surface area (Å²) in [4.78, 5) is 18.4. The average Bonchev–Trinajstić information content (AvgIpc) is 3.06. The molecule has 2 unspecified atom stereocenters. The Kier molecular flexibility index (Phi) is 4.37. The summed E-state index contributed by atoms with van der Waals surface area (Å²) < 4.78 is 0. The molecule has 4 nitrogen and oxygen atoms in total. The third-order valence-electron chi connectivity index (χ3n) is 6.28. The fourth-order valence-corrected chi connectivity index (χ4v) is 6.59. The highest BCUT2D eigenvalue weighted by molar-refractivity contribution is 7.13. The van der Waals surface area contributed by atoms with Crippen molar-refractivity contribution in [1.29, 1.82) is 0 Å². The minimum absolute atomic E-state index is 0. The van der Waals surface area contributed by atoms with E-state index in [0.29, 0.717) is 17.4 Å². The van der Waals surface area contributed by atoms with E-state index in [-0.39, 0.29) is 29.4 Å². The molecule has 0 spiro atoms. The van der Waals surface area contributed by atoms with Gasteiger partial charge in [-0.3, -0.25) is 9.78 Å². The van der Waals surface area contributed by atoms with E-state index in [1.807, 2.05) is 29.6 Å². The monoisotopic (exact) mass is 389 g/mol. The smallest absolute Gasteiger partial charge is 0.253 e. The van der Waals surface area contributed by atoms with Crippen LogP contribution in [0, 0.1) is 11.8 Å². The van der Waals surface area contributed by atoms with Crippen LogP contribution in [0.4, 0.5) is 0 Å². The number of rotatable bonds is 3. The fourth-order valence-electron chi connectivity index (χ4n) is 5.89. The first kappa shape index (κ1) is 18.0. The zero-order valence-electron chi connectivity index (χ0n) is 14.6. The maximum Gasteiger partial charge on any atom is 0.253 e. The zero-order valence-corrected chi connectivity index (χ0v) is 16.2. The molecule has 0 saturated heterocycles. The van der Waals surface area contributed by atoms with E-state index in [9.17, 15) is 4.79 Å². The van der Waals surface area contributed by atoms with E-state index in [1.165, 1.54) is 6.42 Å². The number of nitrogens with zero attached hydrogens (tertiary/aromatic N) is 1. The Morgan fingerprint density at radius 1 is 1.19 bits per heavy atom. The number of aromatic nitrogens is 1. The SMILES string of the molecule is Cl.NC12C[C@H]3C[C@@H](C1)CC(NC(=O)c1ccc(-c4cccs4)nc1)(C3)C2. The molecular weight excluding hydrogens is 366 g/mol. The van der Waals surface area contributed by atoms with Crippen LogP contribution in [-0.2, 0) is 0 Å². The molecule has 4 saturated carbocycles. The van der Waals surface area contributed by atoms with Crippen LogP contribution in [0.2, 0.25) is 0 Å². The van der Waals surface area contributed by atoms with Gasteiger partial charge in [0.2, 0.25) is 0 Å². The Bertz CT molecular complexity index is 791. The molecule has 4 bridgehead atoms. The predicted octanol–water partition coefficient (Wildman–Crippen LogP) is 4.01. The highest BCUT2D eigenvalue weighted by Gasteiger charge is 2.56. The molecule has 3 N–H and O–H groups in total. The lowest BCUT2D eigenvalue weighted by molar-refractivity contribution is -0.0320. The molecule has 4 aliphatic carbocycles. The van der Waals surface area contributed by atoms with E-state index in [0.717, 1.165) is 42.7 Å². The molecule has 2 aromatic heterocycles. The van der Waals surface area contributed by atoms with Gasteiger partial charge in [0.25, 0.3) is 5.91 Å². The van der Waals surface area contributed by atoms with Gasteiger partial charge >= 0.3 is 0 Å². The highest BCUT2D eigenvalue weighted by atomic mass is 35.5. The lowest BCUT2D eigenvalue weighted by Gasteiger charge is -2.61. The normalized spacial score (nSPS) is 34.3. The number of hydrogen-bond acceptors (Lipinski definition) is 4. The summed E-state index contributed by atoms with van der Waals surface area (Å²) in [7, 11) is 0. The van der Waals surface area contributed by atoms with Crippen molar-refractivity contribution in [3.8, 4) is 10.6 Å². The molecule has 0 radical (unpaired) electrons. The molecule has 26 heavy (non-hydrogen) atoms. The van der Waals surface area contributed by atoms with Crippen molar-refractivity contribution >= 4 is 29.7 Å². The summed E-state index contributed by atoms with van der Waals surface area (Å²) in [6, 6.07) is 7.88. The quantitative estimate of drug-likeness (QED) is 0.833. The summed E-state index contributed by atoms with van der Waals surface area (Å²) in [5, 5.41) is 5.40. The lowest BCUT2D eigenvalue weighted by Crippen LogP contribution is -2.68. The Balaban J connectivity index is 0.00000168. The number of nitrogens with two attached hydrogens (primary N) is 1. The number of pyridine rings is 1. The topological polar surface area (TPSA) is 68.0 Å². The van der Waals surface area contributed by atoms with Crippen LogP contribution in [0.1, 0.15) is 48.9 Å². The van der Waals surface area contributed by atoms with E-state index in [2.05, 4.69) is 10.3 Å². The van der Waals surface area contributed by atoms with Crippen LogP contribution >= 0.6 is 23.7 Å². The Labute approximate surface area is 164 Å². The summed E-state index contributed by atoms with van der Waals surface area (Å²) in [5.41, 5.74) is 8.04. The maximum absolute atomic E-state index is 12.8. The number of nitrogens with one attached hydrogen (secondary N) is 1. The molecule has 6 heteroatoms. The molecule has 2 heterocycles. The molecule has 0 aromatic carbocycles. The van der Waals surface area contributed by atoms with Crippen LogP contribution in [0.15, 0.2) is 35.8 Å². The second-order valence-electron chi connectivity index (χ2n) is 8.47. The van der Waals surface area contributed by atoms with Crippen molar-refractivity contribution in [1.82, 2.24) is 10.3 Å². The van der Waals surface area contributed by atoms with Gasteiger partial charge in [0, 0.05) is 17.3 Å². The molecule has 6 rings (SSSR count). The van der Waals surface area contributed by atoms with E-state index >= 15 is 0 Å². The van der Waals surface area contributed by atoms with Crippen LogP contribution in [0.25, 0.3) is 10.6 Å². The number of carbonyl (C=O) groups is 1. The largest absolute Gasteiger partial charge is 0.346 e. The van der Waals surface area contributed by atoms with E-state index in [4.69, 9.17) is 5.73 Å². The number of amides is 1. The first-order valence-corrected chi connectivity index (χ1v) is 10.0. The van der Waals surface area contributed by atoms with Crippen LogP contribution in [0.3, 0.4) is 0 Å². The number of thiophene rings is 1. The summed E-state index contributed by atoms with van der Waals surface area (Å²) in [5.74, 6) is 1.37. The van der Waals surface area contributed by atoms with Gasteiger partial charge in [-0.2, -0.15) is 0 Å². The molecular formula is C20H24ClN3OS. The van der Waals surface area contributed by atoms with Gasteiger partial charge in [0.15, 0.2) is 0 Å². The van der Waals surface area contributed by atoms with Crippen LogP contribution in [-0.4, -0.2) is 22.0 Å². The summed E-state index contributed by atoms with van der Waals surface area (Å²) in [6.07, 6.45) is 8.39. The lowest BCUT2D eigenvalue weighted by atomic mass is 9.50. The Morgan fingerprint density at radius 3 is 2.54 bits per heavy atom. The zero-order chi connectivity index (χ0) is 17.1. The van der Waals surface area contributed by atoms with Crippen molar-refractivity contribution in [3.63, 3.8) is 0 Å².